The van der Waals surface area contributed by atoms with E-state index in [1.54, 1.807) is 6.92 Å². The highest BCUT2D eigenvalue weighted by molar-refractivity contribution is 6.17. The van der Waals surface area contributed by atoms with Crippen LogP contribution in [0.1, 0.15) is 6.92 Å². The first-order valence-corrected chi connectivity index (χ1v) is 4.89. The van der Waals surface area contributed by atoms with Crippen LogP contribution in [0.25, 0.3) is 0 Å². The zero-order chi connectivity index (χ0) is 10.8. The van der Waals surface area contributed by atoms with Crippen molar-refractivity contribution in [1.29, 1.82) is 0 Å². The lowest BCUT2D eigenvalue weighted by atomic mass is 10.4. The van der Waals surface area contributed by atoms with Crippen molar-refractivity contribution in [2.75, 3.05) is 32.4 Å². The molecule has 1 N–H and O–H groups in total. The Labute approximate surface area is 89.2 Å². The summed E-state index contributed by atoms with van der Waals surface area (Å²) in [5, 5.41) is 2.93. The normalized spacial score (nSPS) is 9.86. The molecule has 0 amide bonds. The van der Waals surface area contributed by atoms with Crippen molar-refractivity contribution in [2.24, 2.45) is 0 Å². The second-order valence-electron chi connectivity index (χ2n) is 2.66. The highest BCUT2D eigenvalue weighted by atomic mass is 35.5. The van der Waals surface area contributed by atoms with Crippen LogP contribution >= 0.6 is 11.6 Å². The lowest BCUT2D eigenvalue weighted by Gasteiger charge is -2.06. The van der Waals surface area contributed by atoms with Gasteiger partial charge >= 0.3 is 5.97 Å². The second-order valence-corrected chi connectivity index (χ2v) is 3.04. The Morgan fingerprint density at radius 3 is 2.79 bits per heavy atom. The van der Waals surface area contributed by atoms with Gasteiger partial charge in [-0.1, -0.05) is 6.58 Å². The van der Waals surface area contributed by atoms with E-state index in [1.807, 2.05) is 0 Å². The van der Waals surface area contributed by atoms with Gasteiger partial charge in [0.2, 0.25) is 0 Å². The molecule has 0 heterocycles. The number of nitrogens with one attached hydrogen (secondary N) is 1. The predicted molar refractivity (Wildman–Crippen MR) is 55.3 cm³/mol. The molecule has 0 aromatic rings. The number of carbonyl (C=O) groups excluding carboxylic acids is 1. The van der Waals surface area contributed by atoms with Crippen LogP contribution in [0.15, 0.2) is 12.2 Å². The third-order valence-electron chi connectivity index (χ3n) is 1.29. The van der Waals surface area contributed by atoms with E-state index >= 15 is 0 Å². The molecule has 0 aliphatic carbocycles. The molecule has 0 unspecified atom stereocenters. The van der Waals surface area contributed by atoms with E-state index < -0.39 is 0 Å². The third-order valence-corrected chi connectivity index (χ3v) is 1.44. The summed E-state index contributed by atoms with van der Waals surface area (Å²) in [5.74, 6) is 0.111. The van der Waals surface area contributed by atoms with Crippen molar-refractivity contribution < 1.29 is 14.3 Å². The Kier molecular flexibility index (Phi) is 8.62. The molecule has 0 aromatic heterocycles. The number of hydrogen-bond donors (Lipinski definition) is 1. The topological polar surface area (TPSA) is 47.6 Å². The molecule has 5 heteroatoms. The van der Waals surface area contributed by atoms with Crippen LogP contribution in [0, 0.1) is 0 Å². The number of hydrogen-bond acceptors (Lipinski definition) is 4. The van der Waals surface area contributed by atoms with Gasteiger partial charge in [0.15, 0.2) is 0 Å². The summed E-state index contributed by atoms with van der Waals surface area (Å²) in [5.41, 5.74) is 0.406. The van der Waals surface area contributed by atoms with Crippen molar-refractivity contribution >= 4 is 17.6 Å². The minimum atomic E-state index is -0.367. The fraction of sp³-hybridized carbons (Fsp3) is 0.667. The standard InChI is InChI=1S/C9H16ClNO3/c1-8(2)9(12)14-6-4-11-7-13-5-3-10/h11H,1,3-7H2,2H3. The summed E-state index contributed by atoms with van der Waals surface area (Å²) in [6.45, 7) is 6.87. The van der Waals surface area contributed by atoms with E-state index in [0.29, 0.717) is 37.9 Å². The third kappa shape index (κ3) is 8.04. The van der Waals surface area contributed by atoms with Gasteiger partial charge in [-0.3, -0.25) is 5.32 Å². The maximum atomic E-state index is 10.9. The molecule has 0 radical (unpaired) electrons. The highest BCUT2D eigenvalue weighted by Crippen LogP contribution is 1.90. The quantitative estimate of drug-likeness (QED) is 0.218. The second kappa shape index (κ2) is 8.99. The highest BCUT2D eigenvalue weighted by Gasteiger charge is 2.00. The van der Waals surface area contributed by atoms with Gasteiger partial charge in [-0.2, -0.15) is 0 Å². The van der Waals surface area contributed by atoms with Crippen LogP contribution in [0.3, 0.4) is 0 Å². The SMILES string of the molecule is C=C(C)C(=O)OCCNCOCCCl. The van der Waals surface area contributed by atoms with Crippen LogP contribution in [0.2, 0.25) is 0 Å². The minimum absolute atomic E-state index is 0.315. The van der Waals surface area contributed by atoms with Crippen molar-refractivity contribution in [1.82, 2.24) is 5.32 Å². The van der Waals surface area contributed by atoms with E-state index in [9.17, 15) is 4.79 Å². The number of rotatable bonds is 8. The van der Waals surface area contributed by atoms with Gasteiger partial charge in [0.05, 0.1) is 13.3 Å². The van der Waals surface area contributed by atoms with Crippen LogP contribution in [0.4, 0.5) is 0 Å². The predicted octanol–water partition coefficient (Wildman–Crippen LogP) is 0.908. The Morgan fingerprint density at radius 1 is 1.50 bits per heavy atom. The number of alkyl halides is 1. The van der Waals surface area contributed by atoms with Gasteiger partial charge in [-0.15, -0.1) is 11.6 Å². The lowest BCUT2D eigenvalue weighted by Crippen LogP contribution is -2.24. The number of halogens is 1. The van der Waals surface area contributed by atoms with E-state index in [2.05, 4.69) is 11.9 Å². The first kappa shape index (κ1) is 13.4. The van der Waals surface area contributed by atoms with E-state index in [-0.39, 0.29) is 5.97 Å². The smallest absolute Gasteiger partial charge is 0.333 e. The van der Waals surface area contributed by atoms with Crippen molar-refractivity contribution in [2.45, 2.75) is 6.92 Å². The maximum absolute atomic E-state index is 10.9. The molecule has 0 aliphatic heterocycles. The summed E-state index contributed by atoms with van der Waals surface area (Å²) in [6, 6.07) is 0. The maximum Gasteiger partial charge on any atom is 0.333 e. The summed E-state index contributed by atoms with van der Waals surface area (Å²) in [7, 11) is 0. The molecule has 82 valence electrons. The van der Waals surface area contributed by atoms with Crippen LogP contribution < -0.4 is 5.32 Å². The van der Waals surface area contributed by atoms with Crippen LogP contribution in [-0.4, -0.2) is 38.3 Å². The van der Waals surface area contributed by atoms with Gasteiger partial charge in [0.25, 0.3) is 0 Å². The first-order chi connectivity index (χ1) is 6.68. The molecule has 4 nitrogen and oxygen atoms in total. The van der Waals surface area contributed by atoms with Crippen LogP contribution in [-0.2, 0) is 14.3 Å². The summed E-state index contributed by atoms with van der Waals surface area (Å²) >= 11 is 5.39. The fourth-order valence-electron chi connectivity index (χ4n) is 0.610. The number of carbonyl (C=O) groups is 1. The monoisotopic (exact) mass is 221 g/mol. The zero-order valence-corrected chi connectivity index (χ0v) is 9.10. The molecule has 0 aliphatic rings. The fourth-order valence-corrected chi connectivity index (χ4v) is 0.719. The zero-order valence-electron chi connectivity index (χ0n) is 8.35. The Balaban J connectivity index is 3.13. The molecule has 0 atom stereocenters. The van der Waals surface area contributed by atoms with Crippen molar-refractivity contribution in [3.8, 4) is 0 Å². The molecule has 0 aromatic carbocycles. The molecule has 0 bridgehead atoms. The van der Waals surface area contributed by atoms with Gasteiger partial charge in [0.1, 0.15) is 6.61 Å². The molecule has 0 saturated carbocycles. The lowest BCUT2D eigenvalue weighted by molar-refractivity contribution is -0.138. The van der Waals surface area contributed by atoms with Gasteiger partial charge in [0, 0.05) is 18.0 Å². The largest absolute Gasteiger partial charge is 0.461 e. The van der Waals surface area contributed by atoms with Gasteiger partial charge < -0.3 is 9.47 Å². The first-order valence-electron chi connectivity index (χ1n) is 4.35. The molecular formula is C9H16ClNO3. The number of ether oxygens (including phenoxy) is 2. The molecule has 0 fully saturated rings. The van der Waals surface area contributed by atoms with Gasteiger partial charge in [-0.25, -0.2) is 4.79 Å². The molecule has 14 heavy (non-hydrogen) atoms. The summed E-state index contributed by atoms with van der Waals surface area (Å²) in [6.07, 6.45) is 0. The van der Waals surface area contributed by atoms with E-state index in [1.165, 1.54) is 0 Å². The number of esters is 1. The molecule has 0 rings (SSSR count). The summed E-state index contributed by atoms with van der Waals surface area (Å²) in [4.78, 5) is 10.9. The average Bonchev–Trinajstić information content (AvgIpc) is 2.16. The van der Waals surface area contributed by atoms with Crippen molar-refractivity contribution in [3.05, 3.63) is 12.2 Å². The average molecular weight is 222 g/mol. The van der Waals surface area contributed by atoms with Crippen LogP contribution in [0.5, 0.6) is 0 Å². The van der Waals surface area contributed by atoms with E-state index in [0.717, 1.165) is 0 Å². The summed E-state index contributed by atoms with van der Waals surface area (Å²) < 4.78 is 9.86. The van der Waals surface area contributed by atoms with Crippen molar-refractivity contribution in [3.63, 3.8) is 0 Å². The molecule has 0 spiro atoms. The van der Waals surface area contributed by atoms with Gasteiger partial charge in [-0.05, 0) is 6.92 Å². The van der Waals surface area contributed by atoms with E-state index in [4.69, 9.17) is 21.1 Å². The Hall–Kier alpha value is -0.580. The Bertz CT molecular complexity index is 185. The Morgan fingerprint density at radius 2 is 2.21 bits per heavy atom. The molecular weight excluding hydrogens is 206 g/mol. The molecule has 0 saturated heterocycles. The minimum Gasteiger partial charge on any atom is -0.461 e.